The van der Waals surface area contributed by atoms with Gasteiger partial charge in [-0.15, -0.1) is 10.2 Å². The van der Waals surface area contributed by atoms with Gasteiger partial charge in [0.1, 0.15) is 11.8 Å². The van der Waals surface area contributed by atoms with Crippen LogP contribution in [-0.4, -0.2) is 4.98 Å². The standard InChI is InChI=1S/C29H26F2N6/c1-18-9-13-21(14-10-18)33-27-23(17-32)20(3)26(28(35-27)34-22-15-11-19(2)12-16-22)37-36-25-8-6-5-7-24(25)29(4,30)31/h5-16H,1-4H3,(H2,33,34,35)/b37-36+. The number of pyridine rings is 1. The van der Waals surface area contributed by atoms with Gasteiger partial charge in [0, 0.05) is 29.4 Å². The molecule has 0 aliphatic carbocycles. The van der Waals surface area contributed by atoms with Gasteiger partial charge in [-0.05, 0) is 51.1 Å². The maximum absolute atomic E-state index is 14.1. The second-order valence-corrected chi connectivity index (χ2v) is 8.86. The van der Waals surface area contributed by atoms with E-state index >= 15 is 0 Å². The summed E-state index contributed by atoms with van der Waals surface area (Å²) in [6, 6.07) is 23.5. The summed E-state index contributed by atoms with van der Waals surface area (Å²) in [6.45, 7) is 6.52. The van der Waals surface area contributed by atoms with E-state index in [4.69, 9.17) is 0 Å². The van der Waals surface area contributed by atoms with E-state index in [1.54, 1.807) is 13.0 Å². The molecule has 0 aliphatic heterocycles. The van der Waals surface area contributed by atoms with Gasteiger partial charge < -0.3 is 10.6 Å². The second-order valence-electron chi connectivity index (χ2n) is 8.86. The van der Waals surface area contributed by atoms with Crippen LogP contribution < -0.4 is 10.6 Å². The fourth-order valence-electron chi connectivity index (χ4n) is 3.71. The van der Waals surface area contributed by atoms with Crippen LogP contribution in [0.4, 0.5) is 43.2 Å². The Morgan fingerprint density at radius 3 is 1.86 bits per heavy atom. The molecule has 37 heavy (non-hydrogen) atoms. The molecule has 4 aromatic rings. The predicted octanol–water partition coefficient (Wildman–Crippen LogP) is 8.89. The third kappa shape index (κ3) is 5.96. The molecule has 4 rings (SSSR count). The molecule has 0 atom stereocenters. The lowest BCUT2D eigenvalue weighted by Crippen LogP contribution is -2.06. The van der Waals surface area contributed by atoms with Crippen molar-refractivity contribution in [1.82, 2.24) is 4.98 Å². The highest BCUT2D eigenvalue weighted by Crippen LogP contribution is 2.39. The first-order chi connectivity index (χ1) is 17.7. The molecule has 3 aromatic carbocycles. The number of halogens is 2. The second kappa shape index (κ2) is 10.5. The van der Waals surface area contributed by atoms with Crippen LogP contribution in [-0.2, 0) is 5.92 Å². The number of azo groups is 1. The summed E-state index contributed by atoms with van der Waals surface area (Å²) in [6.07, 6.45) is 0. The van der Waals surface area contributed by atoms with Gasteiger partial charge in [-0.25, -0.2) is 13.8 Å². The summed E-state index contributed by atoms with van der Waals surface area (Å²) >= 11 is 0. The van der Waals surface area contributed by atoms with Crippen LogP contribution >= 0.6 is 0 Å². The number of benzene rings is 3. The SMILES string of the molecule is Cc1ccc(Nc2nc(Nc3ccc(C)cc3)c(/N=N/c3ccccc3C(C)(F)F)c(C)c2C#N)cc1. The minimum Gasteiger partial charge on any atom is -0.339 e. The van der Waals surface area contributed by atoms with Crippen LogP contribution in [0.2, 0.25) is 0 Å². The summed E-state index contributed by atoms with van der Waals surface area (Å²) in [5.41, 5.74) is 4.57. The maximum atomic E-state index is 14.1. The van der Waals surface area contributed by atoms with Crippen LogP contribution in [0.3, 0.4) is 0 Å². The highest BCUT2D eigenvalue weighted by atomic mass is 19.3. The summed E-state index contributed by atoms with van der Waals surface area (Å²) in [5, 5.41) is 24.9. The molecule has 186 valence electrons. The zero-order valence-electron chi connectivity index (χ0n) is 21.0. The summed E-state index contributed by atoms with van der Waals surface area (Å²) in [7, 11) is 0. The summed E-state index contributed by atoms with van der Waals surface area (Å²) in [4.78, 5) is 4.68. The van der Waals surface area contributed by atoms with Crippen molar-refractivity contribution in [3.8, 4) is 6.07 Å². The molecule has 0 saturated heterocycles. The molecular formula is C29H26F2N6. The van der Waals surface area contributed by atoms with Crippen molar-refractivity contribution < 1.29 is 8.78 Å². The molecule has 0 amide bonds. The van der Waals surface area contributed by atoms with Crippen molar-refractivity contribution in [3.63, 3.8) is 0 Å². The lowest BCUT2D eigenvalue weighted by atomic mass is 10.1. The Bertz CT molecular complexity index is 1480. The van der Waals surface area contributed by atoms with E-state index in [2.05, 4.69) is 31.9 Å². The fourth-order valence-corrected chi connectivity index (χ4v) is 3.71. The monoisotopic (exact) mass is 496 g/mol. The average molecular weight is 497 g/mol. The molecule has 0 saturated carbocycles. The smallest absolute Gasteiger partial charge is 0.272 e. The molecule has 0 aliphatic rings. The van der Waals surface area contributed by atoms with Gasteiger partial charge in [-0.3, -0.25) is 0 Å². The molecule has 0 spiro atoms. The molecule has 1 aromatic heterocycles. The average Bonchev–Trinajstić information content (AvgIpc) is 2.86. The number of aryl methyl sites for hydroxylation is 2. The number of aromatic nitrogens is 1. The highest BCUT2D eigenvalue weighted by Gasteiger charge is 2.27. The van der Waals surface area contributed by atoms with Crippen LogP contribution in [0.5, 0.6) is 0 Å². The molecule has 0 fully saturated rings. The van der Waals surface area contributed by atoms with Crippen molar-refractivity contribution in [1.29, 1.82) is 5.26 Å². The number of hydrogen-bond donors (Lipinski definition) is 2. The Balaban J connectivity index is 1.84. The maximum Gasteiger partial charge on any atom is 0.272 e. The molecule has 0 radical (unpaired) electrons. The lowest BCUT2D eigenvalue weighted by Gasteiger charge is -2.16. The van der Waals surface area contributed by atoms with E-state index in [-0.39, 0.29) is 22.5 Å². The quantitative estimate of drug-likeness (QED) is 0.250. The van der Waals surface area contributed by atoms with Crippen molar-refractivity contribution >= 4 is 34.4 Å². The Labute approximate surface area is 214 Å². The Hall–Kier alpha value is -4.64. The Kier molecular flexibility index (Phi) is 7.25. The Morgan fingerprint density at radius 2 is 1.32 bits per heavy atom. The van der Waals surface area contributed by atoms with Gasteiger partial charge in [0.05, 0.1) is 11.3 Å². The van der Waals surface area contributed by atoms with Gasteiger partial charge in [0.15, 0.2) is 11.6 Å². The van der Waals surface area contributed by atoms with Crippen molar-refractivity contribution in [2.24, 2.45) is 10.2 Å². The molecule has 6 nitrogen and oxygen atoms in total. The van der Waals surface area contributed by atoms with Crippen LogP contribution in [0.1, 0.15) is 34.7 Å². The van der Waals surface area contributed by atoms with Crippen molar-refractivity contribution in [2.45, 2.75) is 33.6 Å². The van der Waals surface area contributed by atoms with Crippen molar-refractivity contribution in [2.75, 3.05) is 10.6 Å². The number of rotatable bonds is 7. The van der Waals surface area contributed by atoms with E-state index in [9.17, 15) is 14.0 Å². The third-order valence-electron chi connectivity index (χ3n) is 5.79. The summed E-state index contributed by atoms with van der Waals surface area (Å²) < 4.78 is 28.3. The van der Waals surface area contributed by atoms with Gasteiger partial charge >= 0.3 is 0 Å². The number of nitrogens with one attached hydrogen (secondary N) is 2. The number of nitrogens with zero attached hydrogens (tertiary/aromatic N) is 4. The van der Waals surface area contributed by atoms with Gasteiger partial charge in [0.2, 0.25) is 0 Å². The molecular weight excluding hydrogens is 470 g/mol. The fraction of sp³-hybridized carbons (Fsp3) is 0.172. The topological polar surface area (TPSA) is 85.5 Å². The van der Waals surface area contributed by atoms with E-state index in [0.717, 1.165) is 29.4 Å². The molecule has 8 heteroatoms. The Morgan fingerprint density at radius 1 is 0.784 bits per heavy atom. The van der Waals surface area contributed by atoms with Gasteiger partial charge in [-0.1, -0.05) is 53.6 Å². The lowest BCUT2D eigenvalue weighted by molar-refractivity contribution is 0.0181. The zero-order chi connectivity index (χ0) is 26.6. The zero-order valence-corrected chi connectivity index (χ0v) is 21.0. The summed E-state index contributed by atoms with van der Waals surface area (Å²) in [5.74, 6) is -2.41. The molecule has 1 heterocycles. The van der Waals surface area contributed by atoms with E-state index in [0.29, 0.717) is 17.2 Å². The van der Waals surface area contributed by atoms with E-state index < -0.39 is 5.92 Å². The normalized spacial score (nSPS) is 11.4. The molecule has 2 N–H and O–H groups in total. The number of nitriles is 1. The van der Waals surface area contributed by atoms with Gasteiger partial charge in [-0.2, -0.15) is 5.26 Å². The minimum absolute atomic E-state index is 0.0380. The minimum atomic E-state index is -3.09. The first kappa shape index (κ1) is 25.5. The largest absolute Gasteiger partial charge is 0.339 e. The predicted molar refractivity (Wildman–Crippen MR) is 143 cm³/mol. The van der Waals surface area contributed by atoms with E-state index in [1.807, 2.05) is 62.4 Å². The van der Waals surface area contributed by atoms with Crippen molar-refractivity contribution in [3.05, 3.63) is 101 Å². The molecule has 0 unspecified atom stereocenters. The first-order valence-corrected chi connectivity index (χ1v) is 11.7. The van der Waals surface area contributed by atoms with Crippen LogP contribution in [0, 0.1) is 32.1 Å². The number of alkyl halides is 2. The van der Waals surface area contributed by atoms with E-state index in [1.165, 1.54) is 18.2 Å². The first-order valence-electron chi connectivity index (χ1n) is 11.7. The molecule has 0 bridgehead atoms. The van der Waals surface area contributed by atoms with Crippen LogP contribution in [0.15, 0.2) is 83.0 Å². The third-order valence-corrected chi connectivity index (χ3v) is 5.79. The van der Waals surface area contributed by atoms with Gasteiger partial charge in [0.25, 0.3) is 5.92 Å². The number of anilines is 4. The highest BCUT2D eigenvalue weighted by molar-refractivity contribution is 5.79. The van der Waals surface area contributed by atoms with Crippen LogP contribution in [0.25, 0.3) is 0 Å². The number of hydrogen-bond acceptors (Lipinski definition) is 6.